The molecule has 3 N–H and O–H groups in total. The van der Waals surface area contributed by atoms with Gasteiger partial charge in [-0.25, -0.2) is 9.78 Å². The van der Waals surface area contributed by atoms with Gasteiger partial charge < -0.3 is 10.5 Å². The monoisotopic (exact) mass is 368 g/mol. The fourth-order valence-electron chi connectivity index (χ4n) is 2.44. The number of aromatic nitrogens is 4. The Kier molecular flexibility index (Phi) is 4.79. The summed E-state index contributed by atoms with van der Waals surface area (Å²) in [6.45, 7) is 3.58. The molecule has 0 atom stereocenters. The number of rotatable bonds is 4. The molecule has 0 unspecified atom stereocenters. The number of anilines is 1. The number of amides is 2. The number of imide groups is 1. The lowest BCUT2D eigenvalue weighted by molar-refractivity contribution is 0.0522. The number of esters is 1. The summed E-state index contributed by atoms with van der Waals surface area (Å²) in [6.07, 6.45) is 1.23. The molecular formula is C17H16N6O4. The van der Waals surface area contributed by atoms with Crippen LogP contribution in [0.1, 0.15) is 43.8 Å². The molecule has 0 aliphatic carbocycles. The molecule has 138 valence electrons. The number of carbonyl (C=O) groups is 3. The van der Waals surface area contributed by atoms with Gasteiger partial charge in [0.1, 0.15) is 12.1 Å². The Morgan fingerprint density at radius 1 is 1.15 bits per heavy atom. The predicted molar refractivity (Wildman–Crippen MR) is 94.1 cm³/mol. The van der Waals surface area contributed by atoms with Crippen molar-refractivity contribution in [3.05, 3.63) is 53.1 Å². The van der Waals surface area contributed by atoms with Crippen molar-refractivity contribution >= 4 is 29.2 Å². The second-order valence-electron chi connectivity index (χ2n) is 5.54. The number of hydrogen-bond donors (Lipinski definition) is 2. The molecule has 10 heteroatoms. The van der Waals surface area contributed by atoms with Crippen molar-refractivity contribution in [3.63, 3.8) is 0 Å². The highest BCUT2D eigenvalue weighted by atomic mass is 16.5. The van der Waals surface area contributed by atoms with Crippen LogP contribution in [0.2, 0.25) is 0 Å². The highest BCUT2D eigenvalue weighted by molar-refractivity contribution is 6.11. The Labute approximate surface area is 153 Å². The lowest BCUT2D eigenvalue weighted by Gasteiger charge is -2.08. The smallest absolute Gasteiger partial charge is 0.360 e. The van der Waals surface area contributed by atoms with E-state index < -0.39 is 17.8 Å². The lowest BCUT2D eigenvalue weighted by atomic mass is 10.1. The van der Waals surface area contributed by atoms with Gasteiger partial charge in [0.2, 0.25) is 0 Å². The van der Waals surface area contributed by atoms with Crippen molar-refractivity contribution in [2.75, 3.05) is 12.3 Å². The first kappa shape index (κ1) is 18.0. The Hall–Kier alpha value is -3.82. The number of fused-ring (bicyclic) bond motifs is 1. The fourth-order valence-corrected chi connectivity index (χ4v) is 2.44. The van der Waals surface area contributed by atoms with Gasteiger partial charge in [0, 0.05) is 5.56 Å². The molecule has 0 radical (unpaired) electrons. The summed E-state index contributed by atoms with van der Waals surface area (Å²) < 4.78 is 6.11. The number of nitrogen functional groups attached to an aromatic ring is 1. The molecular weight excluding hydrogens is 352 g/mol. The summed E-state index contributed by atoms with van der Waals surface area (Å²) in [6, 6.07) is 6.82. The molecule has 2 amide bonds. The van der Waals surface area contributed by atoms with E-state index in [-0.39, 0.29) is 29.5 Å². The molecule has 2 heterocycles. The van der Waals surface area contributed by atoms with E-state index in [4.69, 9.17) is 10.5 Å². The third kappa shape index (κ3) is 3.32. The number of nitrogens with two attached hydrogens (primary N) is 1. The number of hydrogen-bond acceptors (Lipinski definition) is 8. The van der Waals surface area contributed by atoms with Gasteiger partial charge >= 0.3 is 5.97 Å². The van der Waals surface area contributed by atoms with Gasteiger partial charge in [0.05, 0.1) is 6.61 Å². The molecule has 0 fully saturated rings. The largest absolute Gasteiger partial charge is 0.461 e. The number of nitrogens with one attached hydrogen (secondary N) is 1. The molecule has 3 aromatic rings. The van der Waals surface area contributed by atoms with E-state index in [0.29, 0.717) is 11.1 Å². The third-order valence-electron chi connectivity index (χ3n) is 3.79. The number of nitrogens with zero attached hydrogens (tertiary/aromatic N) is 4. The fraction of sp³-hybridized carbons (Fsp3) is 0.176. The minimum atomic E-state index is -0.818. The van der Waals surface area contributed by atoms with Crippen molar-refractivity contribution in [1.29, 1.82) is 0 Å². The minimum absolute atomic E-state index is 0.0488. The second-order valence-corrected chi connectivity index (χ2v) is 5.54. The average molecular weight is 368 g/mol. The summed E-state index contributed by atoms with van der Waals surface area (Å²) >= 11 is 0. The van der Waals surface area contributed by atoms with Crippen molar-refractivity contribution in [3.8, 4) is 0 Å². The molecule has 10 nitrogen and oxygen atoms in total. The number of imidazole rings is 1. The summed E-state index contributed by atoms with van der Waals surface area (Å²) in [7, 11) is 0. The van der Waals surface area contributed by atoms with Crippen LogP contribution in [0.4, 0.5) is 5.82 Å². The Balaban J connectivity index is 1.90. The van der Waals surface area contributed by atoms with Crippen LogP contribution in [0.5, 0.6) is 0 Å². The molecule has 0 aliphatic heterocycles. The number of ether oxygens (including phenoxy) is 1. The van der Waals surface area contributed by atoms with Crippen molar-refractivity contribution in [1.82, 2.24) is 24.9 Å². The van der Waals surface area contributed by atoms with Gasteiger partial charge in [0.25, 0.3) is 11.8 Å². The Morgan fingerprint density at radius 2 is 1.89 bits per heavy atom. The third-order valence-corrected chi connectivity index (χ3v) is 3.79. The van der Waals surface area contributed by atoms with Crippen LogP contribution in [-0.4, -0.2) is 44.0 Å². The summed E-state index contributed by atoms with van der Waals surface area (Å²) in [5, 5.41) is 9.79. The number of carbonyl (C=O) groups excluding carboxylic acids is 3. The summed E-state index contributed by atoms with van der Waals surface area (Å²) in [4.78, 5) is 40.5. The van der Waals surface area contributed by atoms with Crippen LogP contribution in [-0.2, 0) is 4.74 Å². The Morgan fingerprint density at radius 3 is 2.59 bits per heavy atom. The highest BCUT2D eigenvalue weighted by Gasteiger charge is 2.23. The van der Waals surface area contributed by atoms with E-state index in [1.54, 1.807) is 38.1 Å². The summed E-state index contributed by atoms with van der Waals surface area (Å²) in [5.41, 5.74) is 6.73. The maximum absolute atomic E-state index is 12.4. The van der Waals surface area contributed by atoms with Crippen LogP contribution in [0.15, 0.2) is 30.6 Å². The van der Waals surface area contributed by atoms with Crippen LogP contribution in [0.3, 0.4) is 0 Å². The van der Waals surface area contributed by atoms with E-state index in [0.717, 1.165) is 0 Å². The van der Waals surface area contributed by atoms with Gasteiger partial charge in [-0.2, -0.15) is 0 Å². The SMILES string of the molecule is CCOC(=O)c1ncn2c(N)c(C(=O)NC(=O)c3ccccc3C)nnc12. The normalized spacial score (nSPS) is 10.6. The first-order valence-electron chi connectivity index (χ1n) is 8.01. The van der Waals surface area contributed by atoms with Crippen LogP contribution in [0.25, 0.3) is 5.65 Å². The van der Waals surface area contributed by atoms with E-state index in [1.807, 2.05) is 0 Å². The molecule has 0 saturated heterocycles. The number of aryl methyl sites for hydroxylation is 1. The zero-order valence-electron chi connectivity index (χ0n) is 14.6. The Bertz CT molecular complexity index is 1060. The molecule has 0 saturated carbocycles. The van der Waals surface area contributed by atoms with E-state index in [1.165, 1.54) is 10.7 Å². The van der Waals surface area contributed by atoms with Crippen LogP contribution in [0, 0.1) is 6.92 Å². The van der Waals surface area contributed by atoms with Crippen LogP contribution < -0.4 is 11.1 Å². The molecule has 2 aromatic heterocycles. The molecule has 0 spiro atoms. The standard InChI is InChI=1S/C17H16N6O4/c1-3-27-17(26)12-14-22-21-11(13(18)23(14)8-19-12)16(25)20-15(24)10-7-5-4-6-9(10)2/h4-8H,3,18H2,1-2H3,(H,20,24,25). The predicted octanol–water partition coefficient (Wildman–Crippen LogP) is 0.762. The lowest BCUT2D eigenvalue weighted by Crippen LogP contribution is -2.32. The summed E-state index contributed by atoms with van der Waals surface area (Å²) in [5.74, 6) is -2.20. The molecule has 3 rings (SSSR count). The van der Waals surface area contributed by atoms with Gasteiger partial charge in [-0.05, 0) is 25.5 Å². The quantitative estimate of drug-likeness (QED) is 0.508. The molecule has 27 heavy (non-hydrogen) atoms. The van der Waals surface area contributed by atoms with E-state index >= 15 is 0 Å². The van der Waals surface area contributed by atoms with Gasteiger partial charge in [0.15, 0.2) is 17.0 Å². The van der Waals surface area contributed by atoms with E-state index in [2.05, 4.69) is 20.5 Å². The zero-order valence-corrected chi connectivity index (χ0v) is 14.6. The average Bonchev–Trinajstić information content (AvgIpc) is 3.07. The van der Waals surface area contributed by atoms with Crippen molar-refractivity contribution < 1.29 is 19.1 Å². The van der Waals surface area contributed by atoms with Crippen LogP contribution >= 0.6 is 0 Å². The zero-order chi connectivity index (χ0) is 19.6. The van der Waals surface area contributed by atoms with E-state index in [9.17, 15) is 14.4 Å². The first-order chi connectivity index (χ1) is 12.9. The number of benzene rings is 1. The maximum Gasteiger partial charge on any atom is 0.360 e. The van der Waals surface area contributed by atoms with Gasteiger partial charge in [-0.3, -0.25) is 19.3 Å². The second kappa shape index (κ2) is 7.20. The molecule has 1 aromatic carbocycles. The van der Waals surface area contributed by atoms with Gasteiger partial charge in [-0.15, -0.1) is 10.2 Å². The maximum atomic E-state index is 12.4. The molecule has 0 aliphatic rings. The topological polar surface area (TPSA) is 142 Å². The molecule has 0 bridgehead atoms. The van der Waals surface area contributed by atoms with Crippen molar-refractivity contribution in [2.24, 2.45) is 0 Å². The van der Waals surface area contributed by atoms with Crippen molar-refractivity contribution in [2.45, 2.75) is 13.8 Å². The first-order valence-corrected chi connectivity index (χ1v) is 8.01. The minimum Gasteiger partial charge on any atom is -0.461 e. The highest BCUT2D eigenvalue weighted by Crippen LogP contribution is 2.15. The van der Waals surface area contributed by atoms with Gasteiger partial charge in [-0.1, -0.05) is 18.2 Å².